The molecule has 2 N–H and O–H groups in total. The number of hydrogen-bond acceptors (Lipinski definition) is 4. The Balaban J connectivity index is 1.52. The lowest BCUT2D eigenvalue weighted by atomic mass is 10.2. The fourth-order valence-corrected chi connectivity index (χ4v) is 3.31. The van der Waals surface area contributed by atoms with Crippen LogP contribution in [-0.2, 0) is 24.2 Å². The number of carbonyl (C=O) groups excluding carboxylic acids is 1. The lowest BCUT2D eigenvalue weighted by Crippen LogP contribution is -2.25. The highest BCUT2D eigenvalue weighted by molar-refractivity contribution is 7.99. The van der Waals surface area contributed by atoms with Crippen LogP contribution < -0.4 is 10.9 Å². The lowest BCUT2D eigenvalue weighted by molar-refractivity contribution is -0.118. The maximum atomic E-state index is 11.9. The molecule has 1 amide bonds. The molecule has 0 aliphatic heterocycles. The molecule has 1 aromatic carbocycles. The minimum Gasteiger partial charge on any atom is -0.351 e. The summed E-state index contributed by atoms with van der Waals surface area (Å²) >= 11 is 7.06. The average Bonchev–Trinajstić information content (AvgIpc) is 3.01. The smallest absolute Gasteiger partial charge is 0.254 e. The molecule has 1 aliphatic carbocycles. The van der Waals surface area contributed by atoms with Crippen LogP contribution in [0.3, 0.4) is 0 Å². The first kappa shape index (κ1) is 16.1. The Morgan fingerprint density at radius 2 is 2.09 bits per heavy atom. The van der Waals surface area contributed by atoms with Gasteiger partial charge in [0.15, 0.2) is 5.16 Å². The van der Waals surface area contributed by atoms with Crippen LogP contribution in [0.5, 0.6) is 0 Å². The number of nitrogens with one attached hydrogen (secondary N) is 2. The number of H-pyrrole nitrogens is 1. The van der Waals surface area contributed by atoms with E-state index in [1.54, 1.807) is 12.1 Å². The summed E-state index contributed by atoms with van der Waals surface area (Å²) in [5.41, 5.74) is 2.58. The van der Waals surface area contributed by atoms with Crippen LogP contribution >= 0.6 is 23.4 Å². The number of halogens is 1. The van der Waals surface area contributed by atoms with Crippen LogP contribution in [0.4, 0.5) is 0 Å². The molecular weight excluding hydrogens is 334 g/mol. The first-order chi connectivity index (χ1) is 11.1. The van der Waals surface area contributed by atoms with E-state index in [0.717, 1.165) is 36.1 Å². The first-order valence-electron chi connectivity index (χ1n) is 7.38. The minimum atomic E-state index is -0.104. The molecule has 0 bridgehead atoms. The van der Waals surface area contributed by atoms with Crippen LogP contribution in [-0.4, -0.2) is 21.6 Å². The quantitative estimate of drug-likeness (QED) is 0.641. The molecule has 23 heavy (non-hydrogen) atoms. The molecule has 1 aliphatic rings. The van der Waals surface area contributed by atoms with Gasteiger partial charge in [-0.3, -0.25) is 9.59 Å². The number of aromatic amines is 1. The van der Waals surface area contributed by atoms with E-state index in [1.165, 1.54) is 11.8 Å². The summed E-state index contributed by atoms with van der Waals surface area (Å²) in [5.74, 6) is 0.114. The van der Waals surface area contributed by atoms with Gasteiger partial charge < -0.3 is 10.3 Å². The Morgan fingerprint density at radius 3 is 2.87 bits per heavy atom. The second-order valence-electron chi connectivity index (χ2n) is 5.34. The number of nitrogens with zero attached hydrogens (tertiary/aromatic N) is 1. The second-order valence-corrected chi connectivity index (χ2v) is 6.74. The number of amides is 1. The van der Waals surface area contributed by atoms with E-state index in [-0.39, 0.29) is 17.2 Å². The molecule has 0 unspecified atom stereocenters. The average molecular weight is 350 g/mol. The number of aryl methyl sites for hydroxylation is 1. The van der Waals surface area contributed by atoms with Gasteiger partial charge in [0, 0.05) is 17.1 Å². The molecule has 0 fully saturated rings. The van der Waals surface area contributed by atoms with Crippen molar-refractivity contribution < 1.29 is 4.79 Å². The molecule has 5 nitrogen and oxygen atoms in total. The monoisotopic (exact) mass is 349 g/mol. The van der Waals surface area contributed by atoms with Gasteiger partial charge in [-0.2, -0.15) is 0 Å². The third-order valence-electron chi connectivity index (χ3n) is 3.66. The van der Waals surface area contributed by atoms with E-state index in [4.69, 9.17) is 11.6 Å². The van der Waals surface area contributed by atoms with E-state index < -0.39 is 0 Å². The Kier molecular flexibility index (Phi) is 5.03. The molecule has 3 rings (SSSR count). The highest BCUT2D eigenvalue weighted by Gasteiger charge is 2.17. The maximum absolute atomic E-state index is 11.9. The van der Waals surface area contributed by atoms with Gasteiger partial charge in [-0.05, 0) is 37.0 Å². The van der Waals surface area contributed by atoms with Crippen molar-refractivity contribution in [2.45, 2.75) is 31.0 Å². The van der Waals surface area contributed by atoms with Crippen molar-refractivity contribution in [3.63, 3.8) is 0 Å². The molecule has 7 heteroatoms. The number of fused-ring (bicyclic) bond motifs is 1. The molecule has 1 heterocycles. The number of rotatable bonds is 5. The van der Waals surface area contributed by atoms with Gasteiger partial charge in [0.1, 0.15) is 0 Å². The highest BCUT2D eigenvalue weighted by atomic mass is 35.5. The van der Waals surface area contributed by atoms with Crippen LogP contribution in [0.25, 0.3) is 0 Å². The van der Waals surface area contributed by atoms with E-state index in [9.17, 15) is 9.59 Å². The van der Waals surface area contributed by atoms with Crippen molar-refractivity contribution in [3.8, 4) is 0 Å². The van der Waals surface area contributed by atoms with Gasteiger partial charge >= 0.3 is 0 Å². The summed E-state index contributed by atoms with van der Waals surface area (Å²) in [6.07, 6.45) is 2.61. The maximum Gasteiger partial charge on any atom is 0.254 e. The zero-order valence-corrected chi connectivity index (χ0v) is 14.0. The molecule has 0 spiro atoms. The van der Waals surface area contributed by atoms with Crippen LogP contribution in [0.1, 0.15) is 23.2 Å². The van der Waals surface area contributed by atoms with Gasteiger partial charge in [0.05, 0.1) is 11.4 Å². The number of hydrogen-bond donors (Lipinski definition) is 2. The Morgan fingerprint density at radius 1 is 1.30 bits per heavy atom. The largest absolute Gasteiger partial charge is 0.351 e. The summed E-state index contributed by atoms with van der Waals surface area (Å²) in [6, 6.07) is 7.32. The van der Waals surface area contributed by atoms with Crippen molar-refractivity contribution >= 4 is 29.3 Å². The Hall–Kier alpha value is -1.79. The van der Waals surface area contributed by atoms with Crippen LogP contribution in [0, 0.1) is 0 Å². The fourth-order valence-electron chi connectivity index (χ4n) is 2.48. The molecule has 1 aromatic heterocycles. The van der Waals surface area contributed by atoms with E-state index in [0.29, 0.717) is 16.7 Å². The van der Waals surface area contributed by atoms with Crippen molar-refractivity contribution in [1.82, 2.24) is 15.3 Å². The van der Waals surface area contributed by atoms with Crippen molar-refractivity contribution in [2.24, 2.45) is 0 Å². The van der Waals surface area contributed by atoms with E-state index in [2.05, 4.69) is 15.3 Å². The van der Waals surface area contributed by atoms with Crippen molar-refractivity contribution in [3.05, 3.63) is 56.5 Å². The van der Waals surface area contributed by atoms with Gasteiger partial charge in [0.2, 0.25) is 5.91 Å². The predicted octanol–water partition coefficient (Wildman–Crippen LogP) is 2.32. The molecular formula is C16H16ClN3O2S. The number of benzene rings is 1. The SMILES string of the molecule is O=C(CSc1nc2c(c(=O)[nH]1)CCC2)NCc1ccc(Cl)cc1. The number of carbonyl (C=O) groups is 1. The highest BCUT2D eigenvalue weighted by Crippen LogP contribution is 2.19. The van der Waals surface area contributed by atoms with E-state index >= 15 is 0 Å². The fraction of sp³-hybridized carbons (Fsp3) is 0.312. The summed E-state index contributed by atoms with van der Waals surface area (Å²) in [5, 5.41) is 4.01. The molecule has 2 aromatic rings. The third-order valence-corrected chi connectivity index (χ3v) is 4.79. The Bertz CT molecular complexity index is 774. The normalized spacial score (nSPS) is 12.9. The summed E-state index contributed by atoms with van der Waals surface area (Å²) < 4.78 is 0. The molecule has 0 saturated carbocycles. The van der Waals surface area contributed by atoms with Gasteiger partial charge in [-0.15, -0.1) is 0 Å². The van der Waals surface area contributed by atoms with Crippen LogP contribution in [0.15, 0.2) is 34.2 Å². The lowest BCUT2D eigenvalue weighted by Gasteiger charge is -2.06. The molecule has 0 atom stereocenters. The zero-order chi connectivity index (χ0) is 16.2. The molecule has 0 saturated heterocycles. The second kappa shape index (κ2) is 7.19. The summed E-state index contributed by atoms with van der Waals surface area (Å²) in [6.45, 7) is 0.449. The van der Waals surface area contributed by atoms with E-state index in [1.807, 2.05) is 12.1 Å². The molecule has 120 valence electrons. The van der Waals surface area contributed by atoms with Gasteiger partial charge in [-0.25, -0.2) is 4.98 Å². The zero-order valence-electron chi connectivity index (χ0n) is 12.4. The summed E-state index contributed by atoms with van der Waals surface area (Å²) in [7, 11) is 0. The van der Waals surface area contributed by atoms with Gasteiger partial charge in [-0.1, -0.05) is 35.5 Å². The van der Waals surface area contributed by atoms with Crippen LogP contribution in [0.2, 0.25) is 5.02 Å². The third kappa shape index (κ3) is 4.14. The summed E-state index contributed by atoms with van der Waals surface area (Å²) in [4.78, 5) is 31.0. The first-order valence-corrected chi connectivity index (χ1v) is 8.74. The molecule has 0 radical (unpaired) electrons. The predicted molar refractivity (Wildman–Crippen MR) is 90.9 cm³/mol. The number of thioether (sulfide) groups is 1. The van der Waals surface area contributed by atoms with Gasteiger partial charge in [0.25, 0.3) is 5.56 Å². The minimum absolute atomic E-state index is 0.0726. The topological polar surface area (TPSA) is 74.8 Å². The van der Waals surface area contributed by atoms with Crippen molar-refractivity contribution in [2.75, 3.05) is 5.75 Å². The standard InChI is InChI=1S/C16H16ClN3O2S/c17-11-6-4-10(5-7-11)8-18-14(21)9-23-16-19-13-3-1-2-12(13)15(22)20-16/h4-7H,1-3,8-9H2,(H,18,21)(H,19,20,22). The number of aromatic nitrogens is 2. The Labute approximate surface area is 142 Å². The van der Waals surface area contributed by atoms with Crippen molar-refractivity contribution in [1.29, 1.82) is 0 Å².